The molecular weight excluding hydrogens is 288 g/mol. The molecule has 2 N–H and O–H groups in total. The number of nitrogens with zero attached hydrogens (tertiary/aromatic N) is 5. The number of halogens is 1. The van der Waals surface area contributed by atoms with Crippen molar-refractivity contribution >= 4 is 28.4 Å². The van der Waals surface area contributed by atoms with Gasteiger partial charge >= 0.3 is 51.4 Å². The van der Waals surface area contributed by atoms with Gasteiger partial charge in [0.1, 0.15) is 23.8 Å². The number of pyridine rings is 1. The van der Waals surface area contributed by atoms with Crippen molar-refractivity contribution in [3.63, 3.8) is 0 Å². The van der Waals surface area contributed by atoms with Crippen molar-refractivity contribution in [1.82, 2.24) is 25.1 Å². The van der Waals surface area contributed by atoms with Gasteiger partial charge in [0.15, 0.2) is 5.82 Å². The van der Waals surface area contributed by atoms with Crippen LogP contribution in [0.4, 0.5) is 21.8 Å². The zero-order chi connectivity index (χ0) is 13.2. The molecule has 0 aliphatic heterocycles. The van der Waals surface area contributed by atoms with Crippen LogP contribution in [0.1, 0.15) is 0 Å². The van der Waals surface area contributed by atoms with Gasteiger partial charge in [-0.15, -0.1) is 6.20 Å². The Morgan fingerprint density at radius 2 is 2.00 bits per heavy atom. The number of anilines is 3. The average molecular weight is 297 g/mol. The van der Waals surface area contributed by atoms with Crippen molar-refractivity contribution in [3.05, 3.63) is 30.6 Å². The van der Waals surface area contributed by atoms with E-state index in [4.69, 9.17) is 0 Å². The minimum absolute atomic E-state index is 0. The molecule has 3 aromatic rings. The molecule has 3 aromatic heterocycles. The maximum absolute atomic E-state index is 13.4. The van der Waals surface area contributed by atoms with Crippen LogP contribution in [0.3, 0.4) is 0 Å². The number of fused-ring (bicyclic) bond motifs is 1. The van der Waals surface area contributed by atoms with E-state index >= 15 is 0 Å². The average Bonchev–Trinajstić information content (AvgIpc) is 2.93. The minimum atomic E-state index is -0.503. The Morgan fingerprint density at radius 1 is 1.20 bits per heavy atom. The van der Waals surface area contributed by atoms with Gasteiger partial charge in [-0.3, -0.25) is 0 Å². The summed E-state index contributed by atoms with van der Waals surface area (Å²) in [4.78, 5) is 12.0. The molecule has 20 heavy (non-hydrogen) atoms. The summed E-state index contributed by atoms with van der Waals surface area (Å²) in [5, 5.41) is 13.8. The van der Waals surface area contributed by atoms with E-state index in [2.05, 4.69) is 35.8 Å². The van der Waals surface area contributed by atoms with Gasteiger partial charge in [0.2, 0.25) is 0 Å². The van der Waals surface area contributed by atoms with E-state index in [1.807, 2.05) is 0 Å². The molecule has 7 nitrogen and oxygen atoms in total. The molecule has 0 atom stereocenters. The van der Waals surface area contributed by atoms with Crippen LogP contribution in [-0.4, -0.2) is 27.1 Å². The Labute approximate surface area is 156 Å². The normalized spacial score (nSPS) is 10.1. The molecule has 0 unspecified atom stereocenters. The molecule has 9 heteroatoms. The van der Waals surface area contributed by atoms with Gasteiger partial charge in [-0.25, -0.2) is 19.3 Å². The maximum atomic E-state index is 13.4. The molecule has 3 rings (SSSR count). The molecule has 0 saturated carbocycles. The second kappa shape index (κ2) is 6.55. The number of hydrogen-bond donors (Lipinski definition) is 2. The molecule has 3 heterocycles. The van der Waals surface area contributed by atoms with E-state index in [1.165, 1.54) is 12.5 Å². The largest absolute Gasteiger partial charge is 1.00 e. The van der Waals surface area contributed by atoms with Crippen molar-refractivity contribution in [2.45, 2.75) is 0 Å². The second-order valence-electron chi connectivity index (χ2n) is 3.73. The van der Waals surface area contributed by atoms with Crippen molar-refractivity contribution in [3.8, 4) is 0 Å². The fourth-order valence-electron chi connectivity index (χ4n) is 1.64. The molecule has 0 amide bonds. The third kappa shape index (κ3) is 2.96. The van der Waals surface area contributed by atoms with Crippen molar-refractivity contribution in [1.29, 1.82) is 0 Å². The van der Waals surface area contributed by atoms with Crippen molar-refractivity contribution < 1.29 is 55.8 Å². The molecule has 0 aliphatic rings. The van der Waals surface area contributed by atoms with Gasteiger partial charge in [-0.05, 0) is 0 Å². The smallest absolute Gasteiger partial charge is 0.581 e. The molecule has 0 bridgehead atoms. The number of aromatic nitrogens is 5. The van der Waals surface area contributed by atoms with Gasteiger partial charge in [0.05, 0.1) is 11.7 Å². The molecule has 0 saturated heterocycles. The first-order valence-electron chi connectivity index (χ1n) is 5.47. The van der Waals surface area contributed by atoms with Crippen LogP contribution in [0.5, 0.6) is 0 Å². The summed E-state index contributed by atoms with van der Waals surface area (Å²) < 4.78 is 13.4. The number of rotatable bonds is 3. The van der Waals surface area contributed by atoms with Crippen LogP contribution in [0.25, 0.3) is 10.9 Å². The Bertz CT molecular complexity index is 730. The van der Waals surface area contributed by atoms with Crippen molar-refractivity contribution in [2.24, 2.45) is 0 Å². The van der Waals surface area contributed by atoms with Crippen LogP contribution in [0.15, 0.2) is 24.8 Å². The van der Waals surface area contributed by atoms with E-state index in [9.17, 15) is 4.39 Å². The first-order valence-corrected chi connectivity index (χ1v) is 5.47. The molecule has 0 radical (unpaired) electrons. The summed E-state index contributed by atoms with van der Waals surface area (Å²) >= 11 is 0. The van der Waals surface area contributed by atoms with Crippen LogP contribution in [0.2, 0.25) is 0 Å². The van der Waals surface area contributed by atoms with Crippen LogP contribution < -0.4 is 67.1 Å². The second-order valence-corrected chi connectivity index (χ2v) is 3.73. The SMILES string of the molecule is CNc1cc(Nc2ncc(F)c3n[n-]cc23)ncn1.[K+]. The Balaban J connectivity index is 0.00000147. The van der Waals surface area contributed by atoms with E-state index in [-0.39, 0.29) is 56.9 Å². The predicted octanol–water partition coefficient (Wildman–Crippen LogP) is -1.69. The molecule has 0 fully saturated rings. The van der Waals surface area contributed by atoms with E-state index < -0.39 is 5.82 Å². The quantitative estimate of drug-likeness (QED) is 0.557. The summed E-state index contributed by atoms with van der Waals surface area (Å²) in [5.74, 6) is 1.15. The first-order chi connectivity index (χ1) is 9.28. The van der Waals surface area contributed by atoms with Crippen LogP contribution in [0, 0.1) is 5.82 Å². The third-order valence-electron chi connectivity index (χ3n) is 2.56. The first kappa shape index (κ1) is 15.3. The molecule has 0 spiro atoms. The fraction of sp³-hybridized carbons (Fsp3) is 0.0909. The maximum Gasteiger partial charge on any atom is 1.00 e. The zero-order valence-electron chi connectivity index (χ0n) is 10.9. The predicted molar refractivity (Wildman–Crippen MR) is 67.7 cm³/mol. The number of hydrogen-bond acceptors (Lipinski definition) is 6. The Kier molecular flexibility index (Phi) is 4.99. The van der Waals surface area contributed by atoms with E-state index in [1.54, 1.807) is 13.1 Å². The zero-order valence-corrected chi connectivity index (χ0v) is 14.0. The van der Waals surface area contributed by atoms with E-state index in [0.717, 1.165) is 6.20 Å². The third-order valence-corrected chi connectivity index (χ3v) is 2.56. The summed E-state index contributed by atoms with van der Waals surface area (Å²) in [6.07, 6.45) is 3.96. The Morgan fingerprint density at radius 3 is 2.80 bits per heavy atom. The monoisotopic (exact) mass is 297 g/mol. The van der Waals surface area contributed by atoms with Gasteiger partial charge in [-0.1, -0.05) is 0 Å². The fourth-order valence-corrected chi connectivity index (χ4v) is 1.64. The van der Waals surface area contributed by atoms with Gasteiger partial charge in [-0.2, -0.15) is 0 Å². The van der Waals surface area contributed by atoms with Gasteiger partial charge in [0, 0.05) is 18.5 Å². The number of nitrogens with one attached hydrogen (secondary N) is 2. The summed E-state index contributed by atoms with van der Waals surface area (Å²) in [6.45, 7) is 0. The van der Waals surface area contributed by atoms with Crippen LogP contribution in [-0.2, 0) is 0 Å². The summed E-state index contributed by atoms with van der Waals surface area (Å²) in [6, 6.07) is 1.71. The van der Waals surface area contributed by atoms with Gasteiger partial charge in [0.25, 0.3) is 0 Å². The molecular formula is C11H9FKN7. The van der Waals surface area contributed by atoms with Crippen LogP contribution >= 0.6 is 0 Å². The van der Waals surface area contributed by atoms with Gasteiger partial charge < -0.3 is 20.8 Å². The van der Waals surface area contributed by atoms with Crippen molar-refractivity contribution in [2.75, 3.05) is 17.7 Å². The topological polar surface area (TPSA) is 89.7 Å². The molecule has 0 aromatic carbocycles. The van der Waals surface area contributed by atoms with E-state index in [0.29, 0.717) is 22.8 Å². The summed E-state index contributed by atoms with van der Waals surface area (Å²) in [7, 11) is 1.76. The molecule has 0 aliphatic carbocycles. The standard InChI is InChI=1S/C11H9FN7.K/c1-13-8-2-9(16-5-15-8)18-11-6-3-17-19-10(6)7(12)4-14-11;/h2-5H,1H3,(H2-,13,14,15,16,17,18,19);/q-1;+1. The summed E-state index contributed by atoms with van der Waals surface area (Å²) in [5.41, 5.74) is 0.181. The minimum Gasteiger partial charge on any atom is -0.581 e. The Hall–Kier alpha value is -1.13. The molecule has 96 valence electrons.